The summed E-state index contributed by atoms with van der Waals surface area (Å²) in [6, 6.07) is 14.5. The highest BCUT2D eigenvalue weighted by atomic mass is 16.4. The van der Waals surface area contributed by atoms with Crippen molar-refractivity contribution >= 4 is 17.7 Å². The first-order chi connectivity index (χ1) is 11.6. The maximum atomic E-state index is 12.8. The van der Waals surface area contributed by atoms with Gasteiger partial charge in [-0.25, -0.2) is 4.79 Å². The smallest absolute Gasteiger partial charge is 0.326 e. The summed E-state index contributed by atoms with van der Waals surface area (Å²) in [7, 11) is 0. The Morgan fingerprint density at radius 2 is 1.54 bits per heavy atom. The zero-order chi connectivity index (χ0) is 17.1. The van der Waals surface area contributed by atoms with E-state index in [1.165, 1.54) is 4.90 Å². The van der Waals surface area contributed by atoms with Crippen molar-refractivity contribution in [3.63, 3.8) is 0 Å². The van der Waals surface area contributed by atoms with E-state index in [-0.39, 0.29) is 11.3 Å². The molecule has 1 saturated heterocycles. The van der Waals surface area contributed by atoms with Gasteiger partial charge in [0.05, 0.1) is 5.56 Å². The first-order valence-electron chi connectivity index (χ1n) is 7.82. The molecule has 3 rings (SSSR count). The number of hydrogen-bond donors (Lipinski definition) is 1. The van der Waals surface area contributed by atoms with Crippen LogP contribution in [0.25, 0.3) is 0 Å². The normalized spacial score (nSPS) is 16.8. The molecule has 1 heterocycles. The SMILES string of the molecule is O=C(c1ccccc1)c1ccccc1C(=O)N1CCC[C@H]1C(=O)O. The van der Waals surface area contributed by atoms with Crippen LogP contribution < -0.4 is 0 Å². The molecule has 0 aliphatic carbocycles. The van der Waals surface area contributed by atoms with E-state index in [9.17, 15) is 19.5 Å². The number of nitrogens with zero attached hydrogens (tertiary/aromatic N) is 1. The first kappa shape index (κ1) is 15.9. The fourth-order valence-corrected chi connectivity index (χ4v) is 3.03. The lowest BCUT2D eigenvalue weighted by molar-refractivity contribution is -0.141. The maximum Gasteiger partial charge on any atom is 0.326 e. The molecule has 0 radical (unpaired) electrons. The summed E-state index contributed by atoms with van der Waals surface area (Å²) >= 11 is 0. The minimum atomic E-state index is -1.01. The number of aliphatic carboxylic acids is 1. The van der Waals surface area contributed by atoms with Crippen molar-refractivity contribution < 1.29 is 19.5 Å². The largest absolute Gasteiger partial charge is 0.480 e. The molecule has 1 aliphatic heterocycles. The topological polar surface area (TPSA) is 74.7 Å². The van der Waals surface area contributed by atoms with E-state index in [1.807, 2.05) is 6.07 Å². The summed E-state index contributed by atoms with van der Waals surface area (Å²) in [4.78, 5) is 38.2. The van der Waals surface area contributed by atoms with E-state index in [0.29, 0.717) is 30.5 Å². The van der Waals surface area contributed by atoms with Gasteiger partial charge in [0, 0.05) is 17.7 Å². The summed E-state index contributed by atoms with van der Waals surface area (Å²) in [5, 5.41) is 9.28. The molecule has 0 unspecified atom stereocenters. The Hall–Kier alpha value is -2.95. The van der Waals surface area contributed by atoms with E-state index < -0.39 is 17.9 Å². The Bertz CT molecular complexity index is 785. The van der Waals surface area contributed by atoms with Crippen molar-refractivity contribution in [1.82, 2.24) is 4.90 Å². The van der Waals surface area contributed by atoms with Gasteiger partial charge in [0.1, 0.15) is 6.04 Å². The average Bonchev–Trinajstić information content (AvgIpc) is 3.11. The minimum Gasteiger partial charge on any atom is -0.480 e. The van der Waals surface area contributed by atoms with Gasteiger partial charge >= 0.3 is 5.97 Å². The molecule has 1 fully saturated rings. The molecule has 0 spiro atoms. The second kappa shape index (κ2) is 6.66. The van der Waals surface area contributed by atoms with Crippen molar-refractivity contribution in [1.29, 1.82) is 0 Å². The number of likely N-dealkylation sites (tertiary alicyclic amines) is 1. The zero-order valence-electron chi connectivity index (χ0n) is 13.0. The standard InChI is InChI=1S/C19H17NO4/c21-17(13-7-2-1-3-8-13)14-9-4-5-10-15(14)18(22)20-12-6-11-16(20)19(23)24/h1-5,7-10,16H,6,11-12H2,(H,23,24)/t16-/m0/s1. The van der Waals surface area contributed by atoms with Gasteiger partial charge in [0.15, 0.2) is 5.78 Å². The molecule has 5 nitrogen and oxygen atoms in total. The molecule has 2 aromatic rings. The van der Waals surface area contributed by atoms with Gasteiger partial charge in [-0.05, 0) is 18.9 Å². The van der Waals surface area contributed by atoms with Gasteiger partial charge in [0.25, 0.3) is 5.91 Å². The molecule has 1 N–H and O–H groups in total. The van der Waals surface area contributed by atoms with Crippen LogP contribution in [0.1, 0.15) is 39.1 Å². The highest BCUT2D eigenvalue weighted by molar-refractivity contribution is 6.15. The number of hydrogen-bond acceptors (Lipinski definition) is 3. The van der Waals surface area contributed by atoms with Crippen molar-refractivity contribution in [2.24, 2.45) is 0 Å². The van der Waals surface area contributed by atoms with Crippen molar-refractivity contribution in [3.05, 3.63) is 71.3 Å². The van der Waals surface area contributed by atoms with Crippen LogP contribution in [0.15, 0.2) is 54.6 Å². The highest BCUT2D eigenvalue weighted by Crippen LogP contribution is 2.23. The predicted molar refractivity (Wildman–Crippen MR) is 88.0 cm³/mol. The number of amides is 1. The van der Waals surface area contributed by atoms with E-state index in [4.69, 9.17) is 0 Å². The molecule has 2 aromatic carbocycles. The number of carboxylic acid groups (broad SMARTS) is 1. The lowest BCUT2D eigenvalue weighted by atomic mass is 9.97. The van der Waals surface area contributed by atoms with Crippen LogP contribution in [0.3, 0.4) is 0 Å². The molecule has 1 aliphatic rings. The number of carboxylic acids is 1. The summed E-state index contributed by atoms with van der Waals surface area (Å²) in [5.41, 5.74) is 1.04. The van der Waals surface area contributed by atoms with Gasteiger partial charge in [0.2, 0.25) is 0 Å². The molecular formula is C19H17NO4. The van der Waals surface area contributed by atoms with Crippen LogP contribution in [-0.2, 0) is 4.79 Å². The van der Waals surface area contributed by atoms with Crippen LogP contribution in [0, 0.1) is 0 Å². The van der Waals surface area contributed by atoms with Gasteiger partial charge in [-0.15, -0.1) is 0 Å². The van der Waals surface area contributed by atoms with Crippen LogP contribution in [0.4, 0.5) is 0 Å². The van der Waals surface area contributed by atoms with E-state index in [0.717, 1.165) is 0 Å². The third kappa shape index (κ3) is 2.93. The number of rotatable bonds is 4. The Balaban J connectivity index is 1.96. The third-order valence-electron chi connectivity index (χ3n) is 4.24. The highest BCUT2D eigenvalue weighted by Gasteiger charge is 2.35. The monoisotopic (exact) mass is 323 g/mol. The van der Waals surface area contributed by atoms with Crippen molar-refractivity contribution in [2.45, 2.75) is 18.9 Å². The van der Waals surface area contributed by atoms with Crippen LogP contribution in [-0.4, -0.2) is 40.3 Å². The summed E-state index contributed by atoms with van der Waals surface area (Å²) in [5.74, 6) is -1.65. The van der Waals surface area contributed by atoms with E-state index in [2.05, 4.69) is 0 Å². The number of carbonyl (C=O) groups is 3. The lowest BCUT2D eigenvalue weighted by Gasteiger charge is -2.22. The lowest BCUT2D eigenvalue weighted by Crippen LogP contribution is -2.40. The van der Waals surface area contributed by atoms with Crippen LogP contribution in [0.5, 0.6) is 0 Å². The first-order valence-corrected chi connectivity index (χ1v) is 7.82. The van der Waals surface area contributed by atoms with Crippen LogP contribution >= 0.6 is 0 Å². The number of benzene rings is 2. The van der Waals surface area contributed by atoms with Crippen molar-refractivity contribution in [2.75, 3.05) is 6.54 Å². The maximum absolute atomic E-state index is 12.8. The molecule has 122 valence electrons. The Labute approximate surface area is 139 Å². The molecule has 0 aromatic heterocycles. The summed E-state index contributed by atoms with van der Waals surface area (Å²) < 4.78 is 0. The molecule has 0 saturated carbocycles. The average molecular weight is 323 g/mol. The second-order valence-corrected chi connectivity index (χ2v) is 5.74. The summed E-state index contributed by atoms with van der Waals surface area (Å²) in [6.45, 7) is 0.393. The molecular weight excluding hydrogens is 306 g/mol. The van der Waals surface area contributed by atoms with E-state index >= 15 is 0 Å². The Morgan fingerprint density at radius 1 is 0.917 bits per heavy atom. The molecule has 1 atom stereocenters. The fourth-order valence-electron chi connectivity index (χ4n) is 3.03. The summed E-state index contributed by atoms with van der Waals surface area (Å²) in [6.07, 6.45) is 1.09. The quantitative estimate of drug-likeness (QED) is 0.878. The minimum absolute atomic E-state index is 0.245. The van der Waals surface area contributed by atoms with Gasteiger partial charge in [-0.2, -0.15) is 0 Å². The second-order valence-electron chi connectivity index (χ2n) is 5.74. The molecule has 24 heavy (non-hydrogen) atoms. The zero-order valence-corrected chi connectivity index (χ0v) is 13.0. The third-order valence-corrected chi connectivity index (χ3v) is 4.24. The fraction of sp³-hybridized carbons (Fsp3) is 0.211. The molecule has 1 amide bonds. The predicted octanol–water partition coefficient (Wildman–Crippen LogP) is 2.61. The Morgan fingerprint density at radius 3 is 2.21 bits per heavy atom. The van der Waals surface area contributed by atoms with Gasteiger partial charge in [-0.1, -0.05) is 48.5 Å². The molecule has 0 bridgehead atoms. The Kier molecular flexibility index (Phi) is 4.42. The van der Waals surface area contributed by atoms with E-state index in [1.54, 1.807) is 48.5 Å². The van der Waals surface area contributed by atoms with Gasteiger partial charge in [-0.3, -0.25) is 9.59 Å². The van der Waals surface area contributed by atoms with Crippen molar-refractivity contribution in [3.8, 4) is 0 Å². The molecule has 5 heteroatoms. The van der Waals surface area contributed by atoms with Gasteiger partial charge < -0.3 is 10.0 Å². The van der Waals surface area contributed by atoms with Crippen LogP contribution in [0.2, 0.25) is 0 Å². The number of carbonyl (C=O) groups excluding carboxylic acids is 2. The number of ketones is 1.